The van der Waals surface area contributed by atoms with E-state index in [2.05, 4.69) is 0 Å². The molecule has 3 N–H and O–H groups in total. The quantitative estimate of drug-likeness (QED) is 0.806. The topological polar surface area (TPSA) is 55.5 Å². The Morgan fingerprint density at radius 1 is 1.31 bits per heavy atom. The molecule has 0 saturated carbocycles. The zero-order valence-corrected chi connectivity index (χ0v) is 9.04. The van der Waals surface area contributed by atoms with Gasteiger partial charge in [0.2, 0.25) is 0 Å². The van der Waals surface area contributed by atoms with E-state index in [9.17, 15) is 8.78 Å². The number of rotatable bonds is 5. The highest BCUT2D eigenvalue weighted by molar-refractivity contribution is 5.23. The summed E-state index contributed by atoms with van der Waals surface area (Å²) in [6.07, 6.45) is 0.391. The summed E-state index contributed by atoms with van der Waals surface area (Å²) in [5.41, 5.74) is 4.92. The fourth-order valence-electron chi connectivity index (χ4n) is 1.09. The lowest BCUT2D eigenvalue weighted by Crippen LogP contribution is -2.41. The van der Waals surface area contributed by atoms with E-state index >= 15 is 0 Å². The Morgan fingerprint density at radius 3 is 2.38 bits per heavy atom. The van der Waals surface area contributed by atoms with Gasteiger partial charge in [-0.1, -0.05) is 0 Å². The number of aliphatic hydroxyl groups excluding tert-OH is 1. The first-order valence-corrected chi connectivity index (χ1v) is 4.91. The fraction of sp³-hybridized carbons (Fsp3) is 0.455. The summed E-state index contributed by atoms with van der Waals surface area (Å²) in [4.78, 5) is 0. The van der Waals surface area contributed by atoms with Crippen molar-refractivity contribution in [3.63, 3.8) is 0 Å². The van der Waals surface area contributed by atoms with Gasteiger partial charge >= 0.3 is 0 Å². The van der Waals surface area contributed by atoms with Crippen molar-refractivity contribution in [2.75, 3.05) is 13.2 Å². The van der Waals surface area contributed by atoms with Crippen LogP contribution in [0.4, 0.5) is 8.78 Å². The number of aliphatic hydroxyl groups is 1. The largest absolute Gasteiger partial charge is 0.493 e. The Balaban J connectivity index is 2.49. The second-order valence-electron chi connectivity index (χ2n) is 4.02. The van der Waals surface area contributed by atoms with E-state index in [0.29, 0.717) is 6.42 Å². The first kappa shape index (κ1) is 12.9. The van der Waals surface area contributed by atoms with Crippen LogP contribution in [0, 0.1) is 11.6 Å². The van der Waals surface area contributed by atoms with Crippen molar-refractivity contribution in [3.05, 3.63) is 29.8 Å². The summed E-state index contributed by atoms with van der Waals surface area (Å²) in [5, 5.41) is 8.88. The van der Waals surface area contributed by atoms with Crippen molar-refractivity contribution in [1.82, 2.24) is 0 Å². The van der Waals surface area contributed by atoms with E-state index in [4.69, 9.17) is 15.6 Å². The lowest BCUT2D eigenvalue weighted by atomic mass is 10.0. The molecule has 3 nitrogen and oxygen atoms in total. The number of halogens is 2. The predicted molar refractivity (Wildman–Crippen MR) is 56.1 cm³/mol. The zero-order chi connectivity index (χ0) is 12.2. The molecule has 0 aliphatic rings. The van der Waals surface area contributed by atoms with E-state index in [-0.39, 0.29) is 19.0 Å². The van der Waals surface area contributed by atoms with Crippen molar-refractivity contribution in [3.8, 4) is 5.75 Å². The molecule has 1 aromatic rings. The highest BCUT2D eigenvalue weighted by Crippen LogP contribution is 2.16. The molecule has 1 unspecified atom stereocenters. The van der Waals surface area contributed by atoms with Gasteiger partial charge in [-0.25, -0.2) is 8.78 Å². The van der Waals surface area contributed by atoms with E-state index in [1.165, 1.54) is 0 Å². The van der Waals surface area contributed by atoms with Crippen LogP contribution in [0.15, 0.2) is 18.2 Å². The highest BCUT2D eigenvalue weighted by Gasteiger charge is 2.16. The van der Waals surface area contributed by atoms with Gasteiger partial charge in [0.1, 0.15) is 17.4 Å². The molecule has 0 fully saturated rings. The van der Waals surface area contributed by atoms with Crippen LogP contribution in [0.2, 0.25) is 0 Å². The van der Waals surface area contributed by atoms with Crippen LogP contribution in [-0.4, -0.2) is 23.9 Å². The van der Waals surface area contributed by atoms with Crippen LogP contribution in [0.3, 0.4) is 0 Å². The Hall–Kier alpha value is -1.20. The van der Waals surface area contributed by atoms with Crippen molar-refractivity contribution >= 4 is 0 Å². The first-order chi connectivity index (χ1) is 7.43. The van der Waals surface area contributed by atoms with Gasteiger partial charge in [-0.05, 0) is 6.92 Å². The second-order valence-corrected chi connectivity index (χ2v) is 4.02. The third-order valence-corrected chi connectivity index (χ3v) is 2.14. The molecule has 90 valence electrons. The molecular weight excluding hydrogens is 216 g/mol. The van der Waals surface area contributed by atoms with Crippen LogP contribution in [-0.2, 0) is 0 Å². The van der Waals surface area contributed by atoms with Crippen LogP contribution in [0.25, 0.3) is 0 Å². The highest BCUT2D eigenvalue weighted by atomic mass is 19.1. The van der Waals surface area contributed by atoms with Gasteiger partial charge < -0.3 is 15.6 Å². The lowest BCUT2D eigenvalue weighted by molar-refractivity contribution is 0.174. The maximum absolute atomic E-state index is 12.8. The molecule has 16 heavy (non-hydrogen) atoms. The molecule has 1 rings (SSSR count). The van der Waals surface area contributed by atoms with Gasteiger partial charge in [0.05, 0.1) is 13.2 Å². The van der Waals surface area contributed by atoms with Crippen LogP contribution >= 0.6 is 0 Å². The number of ether oxygens (including phenoxy) is 1. The van der Waals surface area contributed by atoms with Crippen molar-refractivity contribution in [2.24, 2.45) is 5.73 Å². The Kier molecular flexibility index (Phi) is 4.20. The van der Waals surface area contributed by atoms with E-state index in [1.807, 2.05) is 0 Å². The SMILES string of the molecule is CC(N)(CO)CCOc1cc(F)cc(F)c1. The average Bonchev–Trinajstić information content (AvgIpc) is 2.16. The van der Waals surface area contributed by atoms with Crippen molar-refractivity contribution in [2.45, 2.75) is 18.9 Å². The number of hydrogen-bond donors (Lipinski definition) is 2. The molecule has 0 amide bonds. The lowest BCUT2D eigenvalue weighted by Gasteiger charge is -2.21. The Bertz CT molecular complexity index is 336. The summed E-state index contributed by atoms with van der Waals surface area (Å²) >= 11 is 0. The molecule has 5 heteroatoms. The van der Waals surface area contributed by atoms with E-state index in [1.54, 1.807) is 6.92 Å². The third kappa shape index (κ3) is 4.12. The summed E-state index contributed by atoms with van der Waals surface area (Å²) in [5.74, 6) is -1.26. The number of nitrogens with two attached hydrogens (primary N) is 1. The molecule has 0 saturated heterocycles. The van der Waals surface area contributed by atoms with Crippen molar-refractivity contribution in [1.29, 1.82) is 0 Å². The molecule has 0 radical (unpaired) electrons. The minimum absolute atomic E-state index is 0.117. The Labute approximate surface area is 92.8 Å². The molecule has 0 aromatic heterocycles. The molecule has 0 heterocycles. The predicted octanol–water partition coefficient (Wildman–Crippen LogP) is 1.44. The smallest absolute Gasteiger partial charge is 0.129 e. The third-order valence-electron chi connectivity index (χ3n) is 2.14. The standard InChI is InChI=1S/C11H15F2NO2/c1-11(14,7-15)2-3-16-10-5-8(12)4-9(13)6-10/h4-6,15H,2-3,7,14H2,1H3. The minimum atomic E-state index is -0.744. The molecule has 0 spiro atoms. The van der Waals surface area contributed by atoms with Gasteiger partial charge in [-0.3, -0.25) is 0 Å². The van der Waals surface area contributed by atoms with Gasteiger partial charge in [0.25, 0.3) is 0 Å². The summed E-state index contributed by atoms with van der Waals surface area (Å²) < 4.78 is 30.7. The molecule has 1 aromatic carbocycles. The minimum Gasteiger partial charge on any atom is -0.493 e. The number of hydrogen-bond acceptors (Lipinski definition) is 3. The molecule has 0 aliphatic heterocycles. The molecule has 0 aliphatic carbocycles. The summed E-state index contributed by atoms with van der Waals surface area (Å²) in [6, 6.07) is 2.96. The summed E-state index contributed by atoms with van der Waals surface area (Å²) in [6.45, 7) is 1.69. The van der Waals surface area contributed by atoms with Crippen molar-refractivity contribution < 1.29 is 18.6 Å². The van der Waals surface area contributed by atoms with Gasteiger partial charge in [-0.2, -0.15) is 0 Å². The maximum Gasteiger partial charge on any atom is 0.129 e. The van der Waals surface area contributed by atoms with Gasteiger partial charge in [0, 0.05) is 30.2 Å². The summed E-state index contributed by atoms with van der Waals surface area (Å²) in [7, 11) is 0. The number of benzene rings is 1. The van der Waals surface area contributed by atoms with E-state index in [0.717, 1.165) is 18.2 Å². The average molecular weight is 231 g/mol. The van der Waals surface area contributed by atoms with Gasteiger partial charge in [0.15, 0.2) is 0 Å². The zero-order valence-electron chi connectivity index (χ0n) is 9.04. The molecule has 0 bridgehead atoms. The van der Waals surface area contributed by atoms with Gasteiger partial charge in [-0.15, -0.1) is 0 Å². The molecular formula is C11H15F2NO2. The first-order valence-electron chi connectivity index (χ1n) is 4.91. The maximum atomic E-state index is 12.8. The second kappa shape index (κ2) is 5.23. The fourth-order valence-corrected chi connectivity index (χ4v) is 1.09. The van der Waals surface area contributed by atoms with Crippen LogP contribution in [0.1, 0.15) is 13.3 Å². The monoisotopic (exact) mass is 231 g/mol. The molecule has 1 atom stereocenters. The normalized spacial score (nSPS) is 14.6. The van der Waals surface area contributed by atoms with Crippen LogP contribution in [0.5, 0.6) is 5.75 Å². The van der Waals surface area contributed by atoms with Crippen LogP contribution < -0.4 is 10.5 Å². The van der Waals surface area contributed by atoms with E-state index < -0.39 is 17.2 Å². The Morgan fingerprint density at radius 2 is 1.88 bits per heavy atom.